The zero-order chi connectivity index (χ0) is 16.0. The topological polar surface area (TPSA) is 78.4 Å². The molecule has 0 aliphatic carbocycles. The van der Waals surface area contributed by atoms with Crippen molar-refractivity contribution in [2.75, 3.05) is 5.32 Å². The number of aryl methyl sites for hydroxylation is 2. The van der Waals surface area contributed by atoms with Crippen LogP contribution in [0.4, 0.5) is 10.5 Å². The van der Waals surface area contributed by atoms with Crippen LogP contribution in [0.15, 0.2) is 16.6 Å². The Labute approximate surface area is 133 Å². The van der Waals surface area contributed by atoms with Crippen molar-refractivity contribution in [3.8, 4) is 0 Å². The number of benzene rings is 1. The summed E-state index contributed by atoms with van der Waals surface area (Å²) in [6, 6.07) is 3.58. The number of nitrogens with one attached hydrogen (secondary N) is 2. The van der Waals surface area contributed by atoms with Crippen LogP contribution in [0.2, 0.25) is 0 Å². The first kappa shape index (κ1) is 17.5. The van der Waals surface area contributed by atoms with E-state index < -0.39 is 5.97 Å². The number of anilines is 1. The average Bonchev–Trinajstić information content (AvgIpc) is 2.33. The zero-order valence-electron chi connectivity index (χ0n) is 12.5. The van der Waals surface area contributed by atoms with Gasteiger partial charge in [-0.05, 0) is 66.7 Å². The molecular weight excluding hydrogens is 336 g/mol. The Balaban J connectivity index is 2.52. The molecule has 3 N–H and O–H groups in total. The van der Waals surface area contributed by atoms with Crippen LogP contribution in [0.1, 0.15) is 37.3 Å². The fourth-order valence-electron chi connectivity index (χ4n) is 2.08. The fraction of sp³-hybridized carbons (Fsp3) is 0.467. The number of rotatable bonds is 6. The van der Waals surface area contributed by atoms with E-state index in [2.05, 4.69) is 26.6 Å². The standard InChI is InChI=1S/C15H21BrN2O3/c1-9-7-10(2)14(12(16)8-9)18-15(21)17-11(3)5-4-6-13(19)20/h7-8,11H,4-6H2,1-3H3,(H,19,20)(H2,17,18,21). The summed E-state index contributed by atoms with van der Waals surface area (Å²) >= 11 is 3.44. The molecule has 0 aromatic heterocycles. The second kappa shape index (κ2) is 8.02. The van der Waals surface area contributed by atoms with Gasteiger partial charge in [-0.25, -0.2) is 4.79 Å². The molecule has 0 saturated carbocycles. The first-order valence-corrected chi connectivity index (χ1v) is 7.65. The first-order chi connectivity index (χ1) is 9.79. The van der Waals surface area contributed by atoms with Crippen molar-refractivity contribution >= 4 is 33.6 Å². The minimum Gasteiger partial charge on any atom is -0.481 e. The molecule has 5 nitrogen and oxygen atoms in total. The lowest BCUT2D eigenvalue weighted by Gasteiger charge is -2.16. The highest BCUT2D eigenvalue weighted by Crippen LogP contribution is 2.27. The van der Waals surface area contributed by atoms with Gasteiger partial charge in [-0.2, -0.15) is 0 Å². The number of hydrogen-bond acceptors (Lipinski definition) is 2. The van der Waals surface area contributed by atoms with Gasteiger partial charge in [-0.15, -0.1) is 0 Å². The predicted octanol–water partition coefficient (Wildman–Crippen LogP) is 3.83. The summed E-state index contributed by atoms with van der Waals surface area (Å²) < 4.78 is 0.841. The quantitative estimate of drug-likeness (QED) is 0.724. The highest BCUT2D eigenvalue weighted by Gasteiger charge is 2.11. The number of carboxylic acid groups (broad SMARTS) is 1. The largest absolute Gasteiger partial charge is 0.481 e. The highest BCUT2D eigenvalue weighted by atomic mass is 79.9. The molecule has 1 rings (SSSR count). The number of carbonyl (C=O) groups excluding carboxylic acids is 1. The van der Waals surface area contributed by atoms with E-state index >= 15 is 0 Å². The van der Waals surface area contributed by atoms with Crippen molar-refractivity contribution < 1.29 is 14.7 Å². The summed E-state index contributed by atoms with van der Waals surface area (Å²) in [5.74, 6) is -0.814. The van der Waals surface area contributed by atoms with Gasteiger partial charge in [0, 0.05) is 16.9 Å². The normalized spacial score (nSPS) is 11.8. The summed E-state index contributed by atoms with van der Waals surface area (Å²) in [6.07, 6.45) is 1.30. The molecule has 0 saturated heterocycles. The Morgan fingerprint density at radius 1 is 1.33 bits per heavy atom. The van der Waals surface area contributed by atoms with Crippen LogP contribution in [0, 0.1) is 13.8 Å². The maximum Gasteiger partial charge on any atom is 0.319 e. The third kappa shape index (κ3) is 6.16. The monoisotopic (exact) mass is 356 g/mol. The molecular formula is C15H21BrN2O3. The van der Waals surface area contributed by atoms with Gasteiger partial charge >= 0.3 is 12.0 Å². The molecule has 1 aromatic carbocycles. The Hall–Kier alpha value is -1.56. The number of aliphatic carboxylic acids is 1. The average molecular weight is 357 g/mol. The Morgan fingerprint density at radius 3 is 2.57 bits per heavy atom. The van der Waals surface area contributed by atoms with Crippen molar-refractivity contribution in [2.45, 2.75) is 46.1 Å². The van der Waals surface area contributed by atoms with Gasteiger partial charge in [0.2, 0.25) is 0 Å². The summed E-state index contributed by atoms with van der Waals surface area (Å²) in [4.78, 5) is 22.4. The smallest absolute Gasteiger partial charge is 0.319 e. The van der Waals surface area contributed by atoms with E-state index in [-0.39, 0.29) is 18.5 Å². The van der Waals surface area contributed by atoms with Crippen LogP contribution < -0.4 is 10.6 Å². The van der Waals surface area contributed by atoms with Gasteiger partial charge in [-0.1, -0.05) is 6.07 Å². The molecule has 0 aliphatic rings. The number of hydrogen-bond donors (Lipinski definition) is 3. The van der Waals surface area contributed by atoms with Crippen LogP contribution in [0.25, 0.3) is 0 Å². The molecule has 0 spiro atoms. The molecule has 2 amide bonds. The van der Waals surface area contributed by atoms with Gasteiger partial charge in [0.25, 0.3) is 0 Å². The zero-order valence-corrected chi connectivity index (χ0v) is 14.1. The van der Waals surface area contributed by atoms with Crippen LogP contribution >= 0.6 is 15.9 Å². The molecule has 116 valence electrons. The molecule has 6 heteroatoms. The minimum atomic E-state index is -0.814. The van der Waals surface area contributed by atoms with E-state index in [0.29, 0.717) is 12.8 Å². The number of urea groups is 1. The van der Waals surface area contributed by atoms with Crippen LogP contribution in [0.3, 0.4) is 0 Å². The molecule has 0 fully saturated rings. The van der Waals surface area contributed by atoms with E-state index in [1.807, 2.05) is 32.9 Å². The van der Waals surface area contributed by atoms with Crippen LogP contribution in [-0.4, -0.2) is 23.1 Å². The molecule has 1 unspecified atom stereocenters. The Morgan fingerprint density at radius 2 is 2.00 bits per heavy atom. The fourth-order valence-corrected chi connectivity index (χ4v) is 2.85. The summed E-state index contributed by atoms with van der Waals surface area (Å²) in [7, 11) is 0. The molecule has 0 bridgehead atoms. The molecule has 1 aromatic rings. The van der Waals surface area contributed by atoms with Gasteiger partial charge in [-0.3, -0.25) is 4.79 Å². The Bertz CT molecular complexity index is 509. The van der Waals surface area contributed by atoms with Gasteiger partial charge < -0.3 is 15.7 Å². The number of carboxylic acids is 1. The SMILES string of the molecule is Cc1cc(C)c(NC(=O)NC(C)CCCC(=O)O)c(Br)c1. The first-order valence-electron chi connectivity index (χ1n) is 6.85. The second-order valence-electron chi connectivity index (χ2n) is 5.22. The summed E-state index contributed by atoms with van der Waals surface area (Å²) in [6.45, 7) is 5.79. The van der Waals surface area contributed by atoms with Crippen LogP contribution in [-0.2, 0) is 4.79 Å². The molecule has 21 heavy (non-hydrogen) atoms. The number of amides is 2. The predicted molar refractivity (Wildman–Crippen MR) is 86.7 cm³/mol. The molecule has 1 atom stereocenters. The second-order valence-corrected chi connectivity index (χ2v) is 6.08. The third-order valence-electron chi connectivity index (χ3n) is 3.08. The third-order valence-corrected chi connectivity index (χ3v) is 3.70. The van der Waals surface area contributed by atoms with Gasteiger partial charge in [0.05, 0.1) is 5.69 Å². The van der Waals surface area contributed by atoms with E-state index in [1.165, 1.54) is 0 Å². The lowest BCUT2D eigenvalue weighted by molar-refractivity contribution is -0.137. The van der Waals surface area contributed by atoms with E-state index in [0.717, 1.165) is 21.3 Å². The van der Waals surface area contributed by atoms with Crippen molar-refractivity contribution in [1.82, 2.24) is 5.32 Å². The minimum absolute atomic E-state index is 0.0751. The summed E-state index contributed by atoms with van der Waals surface area (Å²) in [5, 5.41) is 14.2. The van der Waals surface area contributed by atoms with E-state index in [9.17, 15) is 9.59 Å². The lowest BCUT2D eigenvalue weighted by atomic mass is 10.1. The Kier molecular flexibility index (Phi) is 6.68. The molecule has 0 radical (unpaired) electrons. The van der Waals surface area contributed by atoms with Crippen molar-refractivity contribution in [2.24, 2.45) is 0 Å². The van der Waals surface area contributed by atoms with Crippen molar-refractivity contribution in [3.05, 3.63) is 27.7 Å². The number of carbonyl (C=O) groups is 2. The van der Waals surface area contributed by atoms with E-state index in [4.69, 9.17) is 5.11 Å². The maximum atomic E-state index is 11.9. The lowest BCUT2D eigenvalue weighted by Crippen LogP contribution is -2.36. The van der Waals surface area contributed by atoms with Crippen molar-refractivity contribution in [3.63, 3.8) is 0 Å². The van der Waals surface area contributed by atoms with Gasteiger partial charge in [0.15, 0.2) is 0 Å². The highest BCUT2D eigenvalue weighted by molar-refractivity contribution is 9.10. The van der Waals surface area contributed by atoms with Crippen LogP contribution in [0.5, 0.6) is 0 Å². The molecule has 0 aliphatic heterocycles. The summed E-state index contributed by atoms with van der Waals surface area (Å²) in [5.41, 5.74) is 2.85. The van der Waals surface area contributed by atoms with Gasteiger partial charge in [0.1, 0.15) is 0 Å². The van der Waals surface area contributed by atoms with Crippen molar-refractivity contribution in [1.29, 1.82) is 0 Å². The van der Waals surface area contributed by atoms with E-state index in [1.54, 1.807) is 0 Å². The maximum absolute atomic E-state index is 11.9. The number of halogens is 1. The molecule has 0 heterocycles.